The van der Waals surface area contributed by atoms with Crippen LogP contribution in [0, 0.1) is 0 Å². The molecule has 0 spiro atoms. The number of nitrogens with zero attached hydrogens (tertiary/aromatic N) is 1. The maximum atomic E-state index is 12.3. The Morgan fingerprint density at radius 1 is 1.60 bits per heavy atom. The molecule has 0 aromatic carbocycles. The average Bonchev–Trinajstić information content (AvgIpc) is 2.86. The number of likely N-dealkylation sites (N-methyl/N-ethyl adjacent to an activating group) is 1. The summed E-state index contributed by atoms with van der Waals surface area (Å²) in [5, 5.41) is 4.66. The van der Waals surface area contributed by atoms with Crippen LogP contribution in [-0.2, 0) is 9.53 Å². The lowest BCUT2D eigenvalue weighted by Crippen LogP contribution is -2.55. The first-order valence-electron chi connectivity index (χ1n) is 6.49. The molecular weight excluding hydrogens is 344 g/mol. The number of carbonyl (C=O) groups is 2. The van der Waals surface area contributed by atoms with Crippen molar-refractivity contribution in [2.24, 2.45) is 0 Å². The van der Waals surface area contributed by atoms with Crippen LogP contribution in [0.5, 0.6) is 0 Å². The summed E-state index contributed by atoms with van der Waals surface area (Å²) >= 11 is 4.78. The third kappa shape index (κ3) is 3.66. The zero-order valence-electron chi connectivity index (χ0n) is 11.2. The van der Waals surface area contributed by atoms with Gasteiger partial charge in [0.05, 0.1) is 24.6 Å². The number of hydrogen-bond acceptors (Lipinski definition) is 5. The van der Waals surface area contributed by atoms with Crippen LogP contribution in [0.25, 0.3) is 0 Å². The summed E-state index contributed by atoms with van der Waals surface area (Å²) in [5.41, 5.74) is 0. The lowest BCUT2D eigenvalue weighted by molar-refractivity contribution is -0.131. The van der Waals surface area contributed by atoms with Crippen molar-refractivity contribution < 1.29 is 14.3 Å². The van der Waals surface area contributed by atoms with E-state index in [0.717, 1.165) is 4.47 Å². The molecule has 2 heterocycles. The van der Waals surface area contributed by atoms with Crippen molar-refractivity contribution in [2.75, 3.05) is 32.8 Å². The molecule has 5 nitrogen and oxygen atoms in total. The molecule has 2 rings (SSSR count). The molecule has 1 aromatic rings. The number of morpholine rings is 1. The monoisotopic (exact) mass is 360 g/mol. The van der Waals surface area contributed by atoms with E-state index in [1.807, 2.05) is 23.3 Å². The average molecular weight is 361 g/mol. The maximum absolute atomic E-state index is 12.3. The van der Waals surface area contributed by atoms with Gasteiger partial charge in [-0.05, 0) is 34.3 Å². The summed E-state index contributed by atoms with van der Waals surface area (Å²) in [5.74, 6) is -0.0479. The summed E-state index contributed by atoms with van der Waals surface area (Å²) in [6.45, 7) is 4.17. The molecule has 110 valence electrons. The standard InChI is InChI=1S/C13H17BrN2O3S/c1-2-15-13(18)10-8-19-5-4-16(10)7-11(17)12-9(14)3-6-20-12/h3,6,10H,2,4-5,7-8H2,1H3,(H,15,18). The second-order valence-corrected chi connectivity index (χ2v) is 6.25. The van der Waals surface area contributed by atoms with Gasteiger partial charge in [0, 0.05) is 17.6 Å². The third-order valence-electron chi connectivity index (χ3n) is 3.11. The molecule has 1 atom stereocenters. The quantitative estimate of drug-likeness (QED) is 0.809. The van der Waals surface area contributed by atoms with E-state index in [-0.39, 0.29) is 24.3 Å². The topological polar surface area (TPSA) is 58.6 Å². The number of hydrogen-bond donors (Lipinski definition) is 1. The van der Waals surface area contributed by atoms with E-state index in [4.69, 9.17) is 4.74 Å². The Kier molecular flexibility index (Phi) is 5.71. The lowest BCUT2D eigenvalue weighted by atomic mass is 10.2. The zero-order chi connectivity index (χ0) is 14.5. The van der Waals surface area contributed by atoms with E-state index >= 15 is 0 Å². The number of Topliss-reactive ketones (excluding diaryl/α,β-unsaturated/α-hetero) is 1. The normalized spacial score (nSPS) is 19.8. The van der Waals surface area contributed by atoms with E-state index in [1.54, 1.807) is 0 Å². The third-order valence-corrected chi connectivity index (χ3v) is 4.99. The number of nitrogens with one attached hydrogen (secondary N) is 1. The number of carbonyl (C=O) groups excluding carboxylic acids is 2. The fourth-order valence-electron chi connectivity index (χ4n) is 2.11. The summed E-state index contributed by atoms with van der Waals surface area (Å²) in [4.78, 5) is 26.9. The maximum Gasteiger partial charge on any atom is 0.239 e. The Labute approximate surface area is 130 Å². The van der Waals surface area contributed by atoms with Gasteiger partial charge in [-0.3, -0.25) is 14.5 Å². The molecule has 0 saturated carbocycles. The van der Waals surface area contributed by atoms with Crippen LogP contribution in [0.15, 0.2) is 15.9 Å². The largest absolute Gasteiger partial charge is 0.378 e. The number of amides is 1. The van der Waals surface area contributed by atoms with E-state index in [0.29, 0.717) is 31.2 Å². The van der Waals surface area contributed by atoms with Crippen molar-refractivity contribution in [3.63, 3.8) is 0 Å². The van der Waals surface area contributed by atoms with Gasteiger partial charge in [0.15, 0.2) is 5.78 Å². The predicted octanol–water partition coefficient (Wildman–Crippen LogP) is 1.53. The Morgan fingerprint density at radius 2 is 2.40 bits per heavy atom. The smallest absolute Gasteiger partial charge is 0.239 e. The minimum atomic E-state index is -0.383. The summed E-state index contributed by atoms with van der Waals surface area (Å²) in [6, 6.07) is 1.48. The molecule has 1 fully saturated rings. The zero-order valence-corrected chi connectivity index (χ0v) is 13.6. The molecule has 7 heteroatoms. The Balaban J connectivity index is 2.03. The van der Waals surface area contributed by atoms with Gasteiger partial charge >= 0.3 is 0 Å². The molecule has 1 amide bonds. The second kappa shape index (κ2) is 7.31. The molecule has 1 aliphatic heterocycles. The predicted molar refractivity (Wildman–Crippen MR) is 81.2 cm³/mol. The van der Waals surface area contributed by atoms with Gasteiger partial charge in [0.1, 0.15) is 6.04 Å². The Hall–Kier alpha value is -0.760. The van der Waals surface area contributed by atoms with Crippen LogP contribution in [-0.4, -0.2) is 55.5 Å². The summed E-state index contributed by atoms with van der Waals surface area (Å²) in [6.07, 6.45) is 0. The first kappa shape index (κ1) is 15.6. The van der Waals surface area contributed by atoms with E-state index < -0.39 is 0 Å². The molecule has 1 N–H and O–H groups in total. The first-order chi connectivity index (χ1) is 9.63. The molecule has 20 heavy (non-hydrogen) atoms. The van der Waals surface area contributed by atoms with Crippen LogP contribution in [0.2, 0.25) is 0 Å². The summed E-state index contributed by atoms with van der Waals surface area (Å²) in [7, 11) is 0. The molecule has 1 unspecified atom stereocenters. The number of thiophene rings is 1. The van der Waals surface area contributed by atoms with Crippen molar-refractivity contribution in [3.05, 3.63) is 20.8 Å². The minimum absolute atomic E-state index is 0.0306. The van der Waals surface area contributed by atoms with E-state index in [9.17, 15) is 9.59 Å². The number of halogens is 1. The number of ketones is 1. The Morgan fingerprint density at radius 3 is 3.05 bits per heavy atom. The SMILES string of the molecule is CCNC(=O)C1COCCN1CC(=O)c1sccc1Br. The van der Waals surface area contributed by atoms with Crippen molar-refractivity contribution in [3.8, 4) is 0 Å². The molecule has 1 aromatic heterocycles. The van der Waals surface area contributed by atoms with Gasteiger partial charge in [-0.2, -0.15) is 0 Å². The van der Waals surface area contributed by atoms with Gasteiger partial charge in [0.25, 0.3) is 0 Å². The second-order valence-electron chi connectivity index (χ2n) is 4.48. The highest BCUT2D eigenvalue weighted by Crippen LogP contribution is 2.23. The van der Waals surface area contributed by atoms with Crippen molar-refractivity contribution in [1.82, 2.24) is 10.2 Å². The van der Waals surface area contributed by atoms with Crippen LogP contribution in [0.3, 0.4) is 0 Å². The van der Waals surface area contributed by atoms with Gasteiger partial charge in [-0.25, -0.2) is 0 Å². The Bertz CT molecular complexity index is 492. The molecule has 0 radical (unpaired) electrons. The van der Waals surface area contributed by atoms with E-state index in [1.165, 1.54) is 11.3 Å². The van der Waals surface area contributed by atoms with Crippen LogP contribution in [0.4, 0.5) is 0 Å². The molecule has 0 aliphatic carbocycles. The van der Waals surface area contributed by atoms with Gasteiger partial charge < -0.3 is 10.1 Å². The van der Waals surface area contributed by atoms with Crippen molar-refractivity contribution in [1.29, 1.82) is 0 Å². The number of ether oxygens (including phenoxy) is 1. The summed E-state index contributed by atoms with van der Waals surface area (Å²) < 4.78 is 6.17. The van der Waals surface area contributed by atoms with E-state index in [2.05, 4.69) is 21.2 Å². The fraction of sp³-hybridized carbons (Fsp3) is 0.538. The number of rotatable bonds is 5. The van der Waals surface area contributed by atoms with Crippen molar-refractivity contribution >= 4 is 39.0 Å². The molecule has 0 bridgehead atoms. The van der Waals surface area contributed by atoms with Gasteiger partial charge in [0.2, 0.25) is 5.91 Å². The van der Waals surface area contributed by atoms with Crippen molar-refractivity contribution in [2.45, 2.75) is 13.0 Å². The highest BCUT2D eigenvalue weighted by atomic mass is 79.9. The fourth-order valence-corrected chi connectivity index (χ4v) is 3.64. The minimum Gasteiger partial charge on any atom is -0.378 e. The van der Waals surface area contributed by atoms with Crippen LogP contribution < -0.4 is 5.32 Å². The highest BCUT2D eigenvalue weighted by Gasteiger charge is 2.31. The van der Waals surface area contributed by atoms with Crippen LogP contribution in [0.1, 0.15) is 16.6 Å². The first-order valence-corrected chi connectivity index (χ1v) is 8.16. The van der Waals surface area contributed by atoms with Gasteiger partial charge in [-0.15, -0.1) is 11.3 Å². The lowest BCUT2D eigenvalue weighted by Gasteiger charge is -2.33. The van der Waals surface area contributed by atoms with Crippen LogP contribution >= 0.6 is 27.3 Å². The van der Waals surface area contributed by atoms with Gasteiger partial charge in [-0.1, -0.05) is 0 Å². The molecule has 1 aliphatic rings. The molecule has 1 saturated heterocycles. The highest BCUT2D eigenvalue weighted by molar-refractivity contribution is 9.10. The molecular formula is C13H17BrN2O3S.